The molecule has 3 fully saturated rings. The number of carbonyl (C=O) groups is 2. The highest BCUT2D eigenvalue weighted by Gasteiger charge is 2.55. The van der Waals surface area contributed by atoms with Gasteiger partial charge in [0.25, 0.3) is 5.69 Å². The zero-order valence-corrected chi connectivity index (χ0v) is 17.9. The summed E-state index contributed by atoms with van der Waals surface area (Å²) in [5.74, 6) is -1.13. The van der Waals surface area contributed by atoms with Crippen LogP contribution in [0.4, 0.5) is 11.4 Å². The van der Waals surface area contributed by atoms with E-state index >= 15 is 0 Å². The summed E-state index contributed by atoms with van der Waals surface area (Å²) in [6.07, 6.45) is 2.74. The summed E-state index contributed by atoms with van der Waals surface area (Å²) >= 11 is 0. The van der Waals surface area contributed by atoms with E-state index in [4.69, 9.17) is 0 Å². The normalized spacial score (nSPS) is 25.4. The first kappa shape index (κ1) is 21.5. The van der Waals surface area contributed by atoms with Gasteiger partial charge in [-0.2, -0.15) is 0 Å². The van der Waals surface area contributed by atoms with Crippen LogP contribution in [0, 0.1) is 28.4 Å². The third-order valence-electron chi connectivity index (χ3n) is 7.07. The fourth-order valence-corrected chi connectivity index (χ4v) is 5.26. The van der Waals surface area contributed by atoms with Gasteiger partial charge in [-0.15, -0.1) is 0 Å². The number of nitrogens with zero attached hydrogens (tertiary/aromatic N) is 4. The molecule has 1 spiro atoms. The number of amides is 2. The molecule has 10 heteroatoms. The first-order valence-electron chi connectivity index (χ1n) is 10.7. The molecule has 1 aliphatic carbocycles. The van der Waals surface area contributed by atoms with Gasteiger partial charge < -0.3 is 9.80 Å². The van der Waals surface area contributed by atoms with Crippen molar-refractivity contribution in [3.05, 3.63) is 33.9 Å². The van der Waals surface area contributed by atoms with Crippen LogP contribution in [0.25, 0.3) is 0 Å². The van der Waals surface area contributed by atoms with Crippen LogP contribution in [0.5, 0.6) is 0 Å². The molecule has 31 heavy (non-hydrogen) atoms. The molecule has 1 saturated carbocycles. The number of piperidine rings is 1. The second-order valence-electron chi connectivity index (χ2n) is 9.19. The van der Waals surface area contributed by atoms with Gasteiger partial charge in [-0.05, 0) is 50.3 Å². The molecule has 2 heterocycles. The van der Waals surface area contributed by atoms with E-state index in [0.717, 1.165) is 30.6 Å². The molecule has 2 N–H and O–H groups in total. The first-order valence-corrected chi connectivity index (χ1v) is 10.7. The maximum Gasteiger partial charge on any atom is 0.269 e. The zero-order chi connectivity index (χ0) is 22.3. The second-order valence-corrected chi connectivity index (χ2v) is 9.19. The van der Waals surface area contributed by atoms with E-state index in [1.54, 1.807) is 22.5 Å². The highest BCUT2D eigenvalue weighted by molar-refractivity contribution is 5.90. The summed E-state index contributed by atoms with van der Waals surface area (Å²) in [6, 6.07) is 4.25. The van der Waals surface area contributed by atoms with Gasteiger partial charge in [-0.1, -0.05) is 0 Å². The van der Waals surface area contributed by atoms with E-state index in [1.807, 2.05) is 18.9 Å². The molecular weight excluding hydrogens is 402 g/mol. The number of carbonyl (C=O) groups excluding carboxylic acids is 2. The molecule has 3 aliphatic rings. The molecule has 0 bridgehead atoms. The van der Waals surface area contributed by atoms with Crippen LogP contribution in [-0.4, -0.2) is 77.6 Å². The van der Waals surface area contributed by atoms with E-state index in [1.165, 1.54) is 6.07 Å². The lowest BCUT2D eigenvalue weighted by Crippen LogP contribution is -2.61. The molecule has 2 atom stereocenters. The van der Waals surface area contributed by atoms with Crippen LogP contribution in [0.3, 0.4) is 0 Å². The Labute approximate surface area is 180 Å². The summed E-state index contributed by atoms with van der Waals surface area (Å²) in [4.78, 5) is 42.2. The Morgan fingerprint density at radius 2 is 1.90 bits per heavy atom. The second kappa shape index (κ2) is 8.08. The Balaban J connectivity index is 1.44. The number of nitrogens with one attached hydrogen (secondary N) is 1. The van der Waals surface area contributed by atoms with Gasteiger partial charge in [-0.3, -0.25) is 29.8 Å². The topological polar surface area (TPSA) is 119 Å². The van der Waals surface area contributed by atoms with Crippen molar-refractivity contribution in [2.24, 2.45) is 11.3 Å². The van der Waals surface area contributed by atoms with Crippen molar-refractivity contribution in [3.8, 4) is 0 Å². The summed E-state index contributed by atoms with van der Waals surface area (Å²) in [5.41, 5.74) is 3.70. The Morgan fingerprint density at radius 3 is 2.45 bits per heavy atom. The number of aryl methyl sites for hydroxylation is 1. The van der Waals surface area contributed by atoms with Crippen molar-refractivity contribution >= 4 is 23.2 Å². The van der Waals surface area contributed by atoms with E-state index < -0.39 is 22.8 Å². The average molecular weight is 431 g/mol. The largest absolute Gasteiger partial charge is 0.368 e. The molecule has 2 saturated heterocycles. The monoisotopic (exact) mass is 431 g/mol. The number of hydroxylamine groups is 1. The molecule has 10 nitrogen and oxygen atoms in total. The molecule has 1 aromatic carbocycles. The van der Waals surface area contributed by atoms with Gasteiger partial charge in [0.05, 0.1) is 10.8 Å². The molecule has 2 amide bonds. The van der Waals surface area contributed by atoms with Gasteiger partial charge in [-0.25, -0.2) is 5.48 Å². The van der Waals surface area contributed by atoms with Crippen molar-refractivity contribution in [1.82, 2.24) is 15.3 Å². The zero-order valence-electron chi connectivity index (χ0n) is 17.9. The van der Waals surface area contributed by atoms with E-state index in [0.29, 0.717) is 32.6 Å². The minimum absolute atomic E-state index is 0.0667. The Kier molecular flexibility index (Phi) is 5.61. The molecule has 4 rings (SSSR count). The lowest BCUT2D eigenvalue weighted by molar-refractivity contribution is -0.384. The number of non-ortho nitro benzene ring substituents is 1. The molecule has 2 aliphatic heterocycles. The maximum atomic E-state index is 13.4. The number of likely N-dealkylation sites (tertiary alicyclic amines) is 1. The lowest BCUT2D eigenvalue weighted by atomic mass is 9.80. The van der Waals surface area contributed by atoms with Crippen LogP contribution in [0.1, 0.15) is 24.8 Å². The molecular formula is C21H29N5O5. The SMILES string of the molecule is Cc1cc([N+](=O)[O-])ccc1N1CCN(C(=O)C2C(C(=O)NO)CC3(CC3)CN2C)CC1. The number of hydrogen-bond acceptors (Lipinski definition) is 7. The van der Waals surface area contributed by atoms with Crippen LogP contribution < -0.4 is 10.4 Å². The average Bonchev–Trinajstić information content (AvgIpc) is 3.50. The Morgan fingerprint density at radius 1 is 1.23 bits per heavy atom. The molecule has 0 aromatic heterocycles. The Hall–Kier alpha value is -2.72. The molecule has 168 valence electrons. The molecule has 1 aromatic rings. The highest BCUT2D eigenvalue weighted by atomic mass is 16.6. The fraction of sp³-hybridized carbons (Fsp3) is 0.619. The van der Waals surface area contributed by atoms with E-state index in [2.05, 4.69) is 4.90 Å². The predicted molar refractivity (Wildman–Crippen MR) is 113 cm³/mol. The summed E-state index contributed by atoms with van der Waals surface area (Å²) < 4.78 is 0. The number of rotatable bonds is 4. The van der Waals surface area contributed by atoms with Crippen LogP contribution in [0.2, 0.25) is 0 Å². The number of anilines is 1. The smallest absolute Gasteiger partial charge is 0.269 e. The number of nitro benzene ring substituents is 1. The number of likely N-dealkylation sites (N-methyl/N-ethyl adjacent to an activating group) is 1. The van der Waals surface area contributed by atoms with Crippen LogP contribution in [-0.2, 0) is 9.59 Å². The number of hydrogen-bond donors (Lipinski definition) is 2. The van der Waals surface area contributed by atoms with E-state index in [9.17, 15) is 24.9 Å². The van der Waals surface area contributed by atoms with Crippen molar-refractivity contribution < 1.29 is 19.7 Å². The number of piperazine rings is 1. The van der Waals surface area contributed by atoms with Gasteiger partial charge in [0.15, 0.2) is 0 Å². The van der Waals surface area contributed by atoms with Gasteiger partial charge in [0, 0.05) is 50.5 Å². The van der Waals surface area contributed by atoms with Crippen LogP contribution in [0.15, 0.2) is 18.2 Å². The van der Waals surface area contributed by atoms with Crippen LogP contribution >= 0.6 is 0 Å². The Bertz CT molecular complexity index is 894. The number of benzene rings is 1. The highest BCUT2D eigenvalue weighted by Crippen LogP contribution is 2.54. The quantitative estimate of drug-likeness (QED) is 0.417. The summed E-state index contributed by atoms with van der Waals surface area (Å²) in [7, 11) is 1.88. The van der Waals surface area contributed by atoms with Gasteiger partial charge in [0.2, 0.25) is 11.8 Å². The first-order chi connectivity index (χ1) is 14.7. The lowest BCUT2D eigenvalue weighted by Gasteiger charge is -2.45. The van der Waals surface area contributed by atoms with Crippen molar-refractivity contribution in [2.45, 2.75) is 32.2 Å². The minimum atomic E-state index is -0.578. The van der Waals surface area contributed by atoms with Crippen molar-refractivity contribution in [1.29, 1.82) is 0 Å². The molecule has 0 radical (unpaired) electrons. The summed E-state index contributed by atoms with van der Waals surface area (Å²) in [5, 5.41) is 20.2. The maximum absolute atomic E-state index is 13.4. The minimum Gasteiger partial charge on any atom is -0.368 e. The molecule has 2 unspecified atom stereocenters. The van der Waals surface area contributed by atoms with Crippen molar-refractivity contribution in [3.63, 3.8) is 0 Å². The van der Waals surface area contributed by atoms with Gasteiger partial charge in [0.1, 0.15) is 6.04 Å². The summed E-state index contributed by atoms with van der Waals surface area (Å²) in [6.45, 7) is 4.89. The predicted octanol–water partition coefficient (Wildman–Crippen LogP) is 1.16. The third-order valence-corrected chi connectivity index (χ3v) is 7.07. The van der Waals surface area contributed by atoms with E-state index in [-0.39, 0.29) is 17.0 Å². The van der Waals surface area contributed by atoms with Crippen molar-refractivity contribution in [2.75, 3.05) is 44.7 Å². The standard InChI is InChI=1S/C21H29N5O5/c1-14-11-15(26(30)31)3-4-17(14)24-7-9-25(10-8-24)20(28)18-16(19(27)22-29)12-21(5-6-21)13-23(18)2/h3-4,11,16,18,29H,5-10,12-13H2,1-2H3,(H,22,27). The fourth-order valence-electron chi connectivity index (χ4n) is 5.26. The van der Waals surface area contributed by atoms with Gasteiger partial charge >= 0.3 is 0 Å². The number of nitro groups is 1. The third kappa shape index (κ3) is 4.09.